The van der Waals surface area contributed by atoms with Gasteiger partial charge in [-0.25, -0.2) is 19.1 Å². The summed E-state index contributed by atoms with van der Waals surface area (Å²) in [7, 11) is 1.57. The number of nitrogens with zero attached hydrogens (tertiary/aromatic N) is 4. The van der Waals surface area contributed by atoms with E-state index in [2.05, 4.69) is 15.3 Å². The van der Waals surface area contributed by atoms with Gasteiger partial charge in [0.05, 0.1) is 20.2 Å². The summed E-state index contributed by atoms with van der Waals surface area (Å²) in [4.78, 5) is 46.3. The van der Waals surface area contributed by atoms with Gasteiger partial charge in [0, 0.05) is 23.9 Å². The molecule has 0 aliphatic rings. The van der Waals surface area contributed by atoms with Gasteiger partial charge < -0.3 is 15.8 Å². The van der Waals surface area contributed by atoms with Crippen LogP contribution in [0.2, 0.25) is 0 Å². The van der Waals surface area contributed by atoms with E-state index in [4.69, 9.17) is 10.5 Å². The van der Waals surface area contributed by atoms with Crippen molar-refractivity contribution in [3.63, 3.8) is 0 Å². The first kappa shape index (κ1) is 24.4. The van der Waals surface area contributed by atoms with Crippen molar-refractivity contribution in [3.8, 4) is 5.75 Å². The van der Waals surface area contributed by atoms with Crippen LogP contribution in [0, 0.1) is 0 Å². The van der Waals surface area contributed by atoms with Crippen molar-refractivity contribution in [3.05, 3.63) is 110 Å². The average molecular weight is 487 g/mol. The Labute approximate surface area is 207 Å². The van der Waals surface area contributed by atoms with Gasteiger partial charge in [-0.15, -0.1) is 0 Å². The number of nitrogens with one attached hydrogen (secondary N) is 1. The number of benzene rings is 2. The van der Waals surface area contributed by atoms with E-state index in [0.29, 0.717) is 22.7 Å². The maximum Gasteiger partial charge on any atom is 0.355 e. The summed E-state index contributed by atoms with van der Waals surface area (Å²) in [5, 5.41) is 3.06. The molecule has 3 N–H and O–H groups in total. The summed E-state index contributed by atoms with van der Waals surface area (Å²) < 4.78 is 7.64. The zero-order chi connectivity index (χ0) is 25.7. The number of aromatic nitrogens is 4. The minimum absolute atomic E-state index is 0.0494. The number of methoxy groups -OCH3 is 1. The number of nitrogen functional groups attached to an aromatic ring is 1. The minimum atomic E-state index is -0.680. The van der Waals surface area contributed by atoms with Gasteiger partial charge in [0.1, 0.15) is 11.6 Å². The van der Waals surface area contributed by atoms with Crippen molar-refractivity contribution in [2.24, 2.45) is 0 Å². The number of pyridine rings is 1. The lowest BCUT2D eigenvalue weighted by molar-refractivity contribution is 0.101. The third kappa shape index (κ3) is 5.49. The Morgan fingerprint density at radius 3 is 2.22 bits per heavy atom. The second kappa shape index (κ2) is 10.7. The van der Waals surface area contributed by atoms with Crippen LogP contribution in [0.15, 0.2) is 76.4 Å². The maximum absolute atomic E-state index is 13.5. The van der Waals surface area contributed by atoms with Crippen LogP contribution < -0.4 is 27.2 Å². The second-order valence-corrected chi connectivity index (χ2v) is 8.18. The molecule has 2 aromatic heterocycles. The smallest absolute Gasteiger partial charge is 0.355 e. The zero-order valence-electron chi connectivity index (χ0n) is 20.0. The number of hydrogen-bond donors (Lipinski definition) is 2. The largest absolute Gasteiger partial charge is 0.497 e. The number of anilines is 2. The molecule has 0 amide bonds. The molecule has 0 spiro atoms. The molecule has 10 heteroatoms. The predicted octanol–water partition coefficient (Wildman–Crippen LogP) is 2.30. The van der Waals surface area contributed by atoms with Gasteiger partial charge in [-0.3, -0.25) is 9.36 Å². The number of Topliss-reactive ketones (excluding diaryl/α,β-unsaturated/α-hetero) is 1. The molecule has 0 atom stereocenters. The molecule has 0 bridgehead atoms. The number of ether oxygens (including phenoxy) is 1. The van der Waals surface area contributed by atoms with Crippen LogP contribution in [0.25, 0.3) is 0 Å². The monoisotopic (exact) mass is 486 g/mol. The first-order valence-electron chi connectivity index (χ1n) is 11.2. The molecule has 2 aromatic carbocycles. The van der Waals surface area contributed by atoms with Crippen LogP contribution >= 0.6 is 0 Å². The number of nitrogens with two attached hydrogens (primary N) is 1. The first-order chi connectivity index (χ1) is 17.4. The number of rotatable bonds is 9. The highest BCUT2D eigenvalue weighted by Gasteiger charge is 2.15. The van der Waals surface area contributed by atoms with Gasteiger partial charge >= 0.3 is 11.4 Å². The van der Waals surface area contributed by atoms with E-state index in [9.17, 15) is 14.4 Å². The number of carbonyl (C=O) groups excluding carboxylic acids is 1. The van der Waals surface area contributed by atoms with Crippen molar-refractivity contribution < 1.29 is 9.53 Å². The van der Waals surface area contributed by atoms with E-state index < -0.39 is 11.4 Å². The van der Waals surface area contributed by atoms with Crippen LogP contribution in [0.3, 0.4) is 0 Å². The molecule has 4 aromatic rings. The Morgan fingerprint density at radius 1 is 0.972 bits per heavy atom. The number of ketones is 1. The van der Waals surface area contributed by atoms with Gasteiger partial charge in [0.25, 0.3) is 0 Å². The first-order valence-corrected chi connectivity index (χ1v) is 11.2. The van der Waals surface area contributed by atoms with Crippen molar-refractivity contribution in [1.82, 2.24) is 19.1 Å². The van der Waals surface area contributed by atoms with Gasteiger partial charge in [-0.2, -0.15) is 4.98 Å². The minimum Gasteiger partial charge on any atom is -0.497 e. The molecule has 0 radical (unpaired) electrons. The molecule has 0 aliphatic carbocycles. The van der Waals surface area contributed by atoms with Crippen molar-refractivity contribution in [2.75, 3.05) is 18.2 Å². The molecule has 184 valence electrons. The highest BCUT2D eigenvalue weighted by atomic mass is 16.5. The Kier molecular flexibility index (Phi) is 7.24. The van der Waals surface area contributed by atoms with E-state index in [-0.39, 0.29) is 31.4 Å². The van der Waals surface area contributed by atoms with E-state index in [0.717, 1.165) is 15.7 Å². The summed E-state index contributed by atoms with van der Waals surface area (Å²) in [5.41, 5.74) is 7.51. The van der Waals surface area contributed by atoms with Crippen molar-refractivity contribution >= 4 is 17.5 Å². The van der Waals surface area contributed by atoms with Gasteiger partial charge in [-0.05, 0) is 36.2 Å². The highest BCUT2D eigenvalue weighted by Crippen LogP contribution is 2.13. The van der Waals surface area contributed by atoms with E-state index in [1.165, 1.54) is 11.5 Å². The summed E-state index contributed by atoms with van der Waals surface area (Å²) in [6.45, 7) is 1.90. The summed E-state index contributed by atoms with van der Waals surface area (Å²) in [5.74, 6) is 1.07. The standard InChI is InChI=1S/C26H26N6O4/c1-17(33)20-9-5-18(6-10-20)15-31-24(29-14-21-4-3-13-28-23(21)27)30-25(34)32(26(31)35)16-19-7-11-22(36-2)12-8-19/h3-13H,14-16H2,1-2H3,(H2,27,28)(H,29,30,34). The van der Waals surface area contributed by atoms with Crippen molar-refractivity contribution in [1.29, 1.82) is 0 Å². The Balaban J connectivity index is 1.72. The molecule has 0 fully saturated rings. The fourth-order valence-corrected chi connectivity index (χ4v) is 3.66. The Bertz CT molecular complexity index is 1490. The second-order valence-electron chi connectivity index (χ2n) is 8.18. The summed E-state index contributed by atoms with van der Waals surface area (Å²) in [6.07, 6.45) is 1.58. The Hall–Kier alpha value is -4.73. The Morgan fingerprint density at radius 2 is 1.61 bits per heavy atom. The van der Waals surface area contributed by atoms with Gasteiger partial charge in [0.15, 0.2) is 5.78 Å². The number of carbonyl (C=O) groups is 1. The number of hydrogen-bond acceptors (Lipinski definition) is 8. The van der Waals surface area contributed by atoms with Gasteiger partial charge in [0.2, 0.25) is 5.95 Å². The molecule has 0 aliphatic heterocycles. The lowest BCUT2D eigenvalue weighted by Crippen LogP contribution is -2.43. The fraction of sp³-hybridized carbons (Fsp3) is 0.192. The average Bonchev–Trinajstić information content (AvgIpc) is 2.88. The predicted molar refractivity (Wildman–Crippen MR) is 136 cm³/mol. The lowest BCUT2D eigenvalue weighted by atomic mass is 10.1. The molecular formula is C26H26N6O4. The molecule has 36 heavy (non-hydrogen) atoms. The SMILES string of the molecule is COc1ccc(Cn2c(=O)nc(NCc3cccnc3N)n(Cc3ccc(C(C)=O)cc3)c2=O)cc1. The molecule has 4 rings (SSSR count). The lowest BCUT2D eigenvalue weighted by Gasteiger charge is -2.16. The van der Waals surface area contributed by atoms with Crippen molar-refractivity contribution in [2.45, 2.75) is 26.6 Å². The van der Waals surface area contributed by atoms with Crippen LogP contribution in [0.1, 0.15) is 34.0 Å². The summed E-state index contributed by atoms with van der Waals surface area (Å²) >= 11 is 0. The van der Waals surface area contributed by atoms with Gasteiger partial charge in [-0.1, -0.05) is 42.5 Å². The summed E-state index contributed by atoms with van der Waals surface area (Å²) in [6, 6.07) is 17.6. The topological polar surface area (TPSA) is 134 Å². The molecule has 10 nitrogen and oxygen atoms in total. The fourth-order valence-electron chi connectivity index (χ4n) is 3.66. The van der Waals surface area contributed by atoms with Crippen LogP contribution in [-0.2, 0) is 19.6 Å². The van der Waals surface area contributed by atoms with Crippen LogP contribution in [0.5, 0.6) is 5.75 Å². The zero-order valence-corrected chi connectivity index (χ0v) is 20.0. The third-order valence-corrected chi connectivity index (χ3v) is 5.71. The normalized spacial score (nSPS) is 10.7. The molecule has 0 unspecified atom stereocenters. The van der Waals surface area contributed by atoms with E-state index in [1.54, 1.807) is 74.0 Å². The molecular weight excluding hydrogens is 460 g/mol. The van der Waals surface area contributed by atoms with Crippen LogP contribution in [-0.4, -0.2) is 32.0 Å². The molecule has 0 saturated carbocycles. The molecule has 0 saturated heterocycles. The van der Waals surface area contributed by atoms with Crippen LogP contribution in [0.4, 0.5) is 11.8 Å². The quantitative estimate of drug-likeness (QED) is 0.344. The molecule has 2 heterocycles. The van der Waals surface area contributed by atoms with E-state index in [1.807, 2.05) is 0 Å². The highest BCUT2D eigenvalue weighted by molar-refractivity contribution is 5.94. The van der Waals surface area contributed by atoms with E-state index >= 15 is 0 Å². The maximum atomic E-state index is 13.5. The third-order valence-electron chi connectivity index (χ3n) is 5.71.